The summed E-state index contributed by atoms with van der Waals surface area (Å²) in [6.45, 7) is 3.62. The Morgan fingerprint density at radius 2 is 2.05 bits per heavy atom. The molecule has 1 aromatic rings. The molecule has 0 atom stereocenters. The molecule has 0 saturated carbocycles. The highest BCUT2D eigenvalue weighted by Crippen LogP contribution is 2.18. The molecule has 0 bridgehead atoms. The number of benzene rings is 1. The minimum absolute atomic E-state index is 0.0253. The van der Waals surface area contributed by atoms with Crippen LogP contribution in [0.15, 0.2) is 18.2 Å². The highest BCUT2D eigenvalue weighted by Gasteiger charge is 2.23. The first-order chi connectivity index (χ1) is 9.33. The predicted octanol–water partition coefficient (Wildman–Crippen LogP) is 2.01. The number of amides is 1. The topological polar surface area (TPSA) is 92.5 Å². The summed E-state index contributed by atoms with van der Waals surface area (Å²) in [5, 5.41) is 23.0. The van der Waals surface area contributed by atoms with Crippen LogP contribution >= 0.6 is 0 Å². The quantitative estimate of drug-likeness (QED) is 0.617. The molecule has 6 nitrogen and oxygen atoms in total. The lowest BCUT2D eigenvalue weighted by atomic mass is 9.97. The van der Waals surface area contributed by atoms with Crippen LogP contribution in [-0.2, 0) is 0 Å². The molecule has 0 aliphatic heterocycles. The van der Waals surface area contributed by atoms with E-state index in [9.17, 15) is 24.4 Å². The van der Waals surface area contributed by atoms with E-state index in [-0.39, 0.29) is 12.1 Å². The molecule has 7 heteroatoms. The fourth-order valence-electron chi connectivity index (χ4n) is 1.64. The van der Waals surface area contributed by atoms with Crippen LogP contribution in [0.25, 0.3) is 0 Å². The van der Waals surface area contributed by atoms with Crippen LogP contribution in [0.5, 0.6) is 0 Å². The second-order valence-electron chi connectivity index (χ2n) is 4.54. The van der Waals surface area contributed by atoms with Crippen LogP contribution < -0.4 is 5.32 Å². The number of nitrogens with zero attached hydrogens (tertiary/aromatic N) is 1. The molecule has 0 saturated heterocycles. The molecule has 20 heavy (non-hydrogen) atoms. The van der Waals surface area contributed by atoms with E-state index in [2.05, 4.69) is 5.32 Å². The molecule has 0 fully saturated rings. The SMILES string of the molecule is CCC(O)(CC)CNC(=O)c1ccc([N+](=O)[O-])c(F)c1. The van der Waals surface area contributed by atoms with Crippen molar-refractivity contribution in [2.75, 3.05) is 6.54 Å². The number of nitrogens with one attached hydrogen (secondary N) is 1. The molecule has 0 spiro atoms. The Morgan fingerprint density at radius 1 is 1.45 bits per heavy atom. The number of aliphatic hydroxyl groups is 1. The monoisotopic (exact) mass is 284 g/mol. The van der Waals surface area contributed by atoms with Gasteiger partial charge in [-0.2, -0.15) is 4.39 Å². The Hall–Kier alpha value is -2.02. The zero-order valence-electron chi connectivity index (χ0n) is 11.4. The van der Waals surface area contributed by atoms with E-state index < -0.39 is 27.9 Å². The van der Waals surface area contributed by atoms with Gasteiger partial charge in [-0.1, -0.05) is 13.8 Å². The van der Waals surface area contributed by atoms with Gasteiger partial charge < -0.3 is 10.4 Å². The summed E-state index contributed by atoms with van der Waals surface area (Å²) < 4.78 is 13.4. The first-order valence-electron chi connectivity index (χ1n) is 6.27. The van der Waals surface area contributed by atoms with Crippen molar-refractivity contribution in [2.24, 2.45) is 0 Å². The molecular weight excluding hydrogens is 267 g/mol. The highest BCUT2D eigenvalue weighted by molar-refractivity contribution is 5.94. The Balaban J connectivity index is 2.79. The number of carbonyl (C=O) groups excluding carboxylic acids is 1. The number of hydrogen-bond donors (Lipinski definition) is 2. The summed E-state index contributed by atoms with van der Waals surface area (Å²) in [5.74, 6) is -1.65. The molecular formula is C13H17FN2O4. The third kappa shape index (κ3) is 3.74. The van der Waals surface area contributed by atoms with Crippen molar-refractivity contribution in [3.8, 4) is 0 Å². The van der Waals surface area contributed by atoms with Crippen LogP contribution in [0, 0.1) is 15.9 Å². The molecule has 2 N–H and O–H groups in total. The third-order valence-electron chi connectivity index (χ3n) is 3.30. The fraction of sp³-hybridized carbons (Fsp3) is 0.462. The molecule has 0 heterocycles. The number of nitro benzene ring substituents is 1. The smallest absolute Gasteiger partial charge is 0.304 e. The maximum Gasteiger partial charge on any atom is 0.304 e. The lowest BCUT2D eigenvalue weighted by Gasteiger charge is -2.25. The molecule has 0 unspecified atom stereocenters. The minimum atomic E-state index is -1.07. The molecule has 0 aliphatic rings. The standard InChI is InChI=1S/C13H17FN2O4/c1-3-13(18,4-2)8-15-12(17)9-5-6-11(16(19)20)10(14)7-9/h5-7,18H,3-4,8H2,1-2H3,(H,15,17). The van der Waals surface area contributed by atoms with Gasteiger partial charge in [-0.3, -0.25) is 14.9 Å². The molecule has 110 valence electrons. The molecule has 0 radical (unpaired) electrons. The van der Waals surface area contributed by atoms with Crippen LogP contribution in [0.1, 0.15) is 37.0 Å². The zero-order chi connectivity index (χ0) is 15.3. The Kier molecular flexibility index (Phi) is 5.15. The summed E-state index contributed by atoms with van der Waals surface area (Å²) in [4.78, 5) is 21.4. The first-order valence-corrected chi connectivity index (χ1v) is 6.27. The van der Waals surface area contributed by atoms with E-state index in [1.54, 1.807) is 13.8 Å². The van der Waals surface area contributed by atoms with Crippen molar-refractivity contribution in [3.63, 3.8) is 0 Å². The predicted molar refractivity (Wildman–Crippen MR) is 70.9 cm³/mol. The molecule has 0 aromatic heterocycles. The van der Waals surface area contributed by atoms with Gasteiger partial charge >= 0.3 is 5.69 Å². The third-order valence-corrected chi connectivity index (χ3v) is 3.30. The van der Waals surface area contributed by atoms with Crippen LogP contribution in [0.3, 0.4) is 0 Å². The van der Waals surface area contributed by atoms with Crippen LogP contribution in [0.4, 0.5) is 10.1 Å². The Morgan fingerprint density at radius 3 is 2.50 bits per heavy atom. The normalized spacial score (nSPS) is 11.2. The van der Waals surface area contributed by atoms with Gasteiger partial charge in [0.05, 0.1) is 10.5 Å². The first kappa shape index (κ1) is 16.0. The van der Waals surface area contributed by atoms with Crippen molar-refractivity contribution in [1.29, 1.82) is 0 Å². The lowest BCUT2D eigenvalue weighted by molar-refractivity contribution is -0.387. The second-order valence-corrected chi connectivity index (χ2v) is 4.54. The highest BCUT2D eigenvalue weighted by atomic mass is 19.1. The summed E-state index contributed by atoms with van der Waals surface area (Å²) in [5.41, 5.74) is -1.71. The van der Waals surface area contributed by atoms with Crippen LogP contribution in [0.2, 0.25) is 0 Å². The van der Waals surface area contributed by atoms with E-state index in [4.69, 9.17) is 0 Å². The van der Waals surface area contributed by atoms with Crippen molar-refractivity contribution in [2.45, 2.75) is 32.3 Å². The summed E-state index contributed by atoms with van der Waals surface area (Å²) in [7, 11) is 0. The van der Waals surface area contributed by atoms with Crippen molar-refractivity contribution in [1.82, 2.24) is 5.32 Å². The number of rotatable bonds is 6. The van der Waals surface area contributed by atoms with Gasteiger partial charge in [-0.25, -0.2) is 0 Å². The van der Waals surface area contributed by atoms with Crippen molar-refractivity contribution >= 4 is 11.6 Å². The fourth-order valence-corrected chi connectivity index (χ4v) is 1.64. The Bertz CT molecular complexity index is 515. The van der Waals surface area contributed by atoms with Crippen molar-refractivity contribution < 1.29 is 19.2 Å². The Labute approximate surface area is 115 Å². The van der Waals surface area contributed by atoms with Gasteiger partial charge in [0.15, 0.2) is 0 Å². The number of carbonyl (C=O) groups is 1. The van der Waals surface area contributed by atoms with E-state index >= 15 is 0 Å². The molecule has 0 aliphatic carbocycles. The van der Waals surface area contributed by atoms with Gasteiger partial charge in [0.25, 0.3) is 5.91 Å². The van der Waals surface area contributed by atoms with E-state index in [0.29, 0.717) is 12.8 Å². The summed E-state index contributed by atoms with van der Waals surface area (Å²) in [6, 6.07) is 2.92. The van der Waals surface area contributed by atoms with Gasteiger partial charge in [-0.15, -0.1) is 0 Å². The molecule has 1 rings (SSSR count). The number of nitro groups is 1. The average molecular weight is 284 g/mol. The lowest BCUT2D eigenvalue weighted by Crippen LogP contribution is -2.42. The minimum Gasteiger partial charge on any atom is -0.388 e. The van der Waals surface area contributed by atoms with E-state index in [1.165, 1.54) is 6.07 Å². The maximum atomic E-state index is 13.4. The van der Waals surface area contributed by atoms with E-state index in [0.717, 1.165) is 12.1 Å². The average Bonchev–Trinajstić information content (AvgIpc) is 2.43. The number of hydrogen-bond acceptors (Lipinski definition) is 4. The molecule has 1 amide bonds. The van der Waals surface area contributed by atoms with Gasteiger partial charge in [0.2, 0.25) is 5.82 Å². The van der Waals surface area contributed by atoms with E-state index in [1.807, 2.05) is 0 Å². The van der Waals surface area contributed by atoms with Gasteiger partial charge in [-0.05, 0) is 25.0 Å². The second kappa shape index (κ2) is 6.42. The number of halogens is 1. The summed E-state index contributed by atoms with van der Waals surface area (Å²) >= 11 is 0. The largest absolute Gasteiger partial charge is 0.388 e. The van der Waals surface area contributed by atoms with Crippen molar-refractivity contribution in [3.05, 3.63) is 39.7 Å². The maximum absolute atomic E-state index is 13.4. The van der Waals surface area contributed by atoms with Gasteiger partial charge in [0, 0.05) is 18.2 Å². The zero-order valence-corrected chi connectivity index (χ0v) is 11.4. The molecule has 1 aromatic carbocycles. The van der Waals surface area contributed by atoms with Crippen LogP contribution in [-0.4, -0.2) is 28.1 Å². The van der Waals surface area contributed by atoms with Gasteiger partial charge in [0.1, 0.15) is 0 Å². The summed E-state index contributed by atoms with van der Waals surface area (Å²) in [6.07, 6.45) is 0.941.